The van der Waals surface area contributed by atoms with E-state index in [9.17, 15) is 13.2 Å². The highest BCUT2D eigenvalue weighted by Gasteiger charge is 2.28. The molecule has 4 rings (SSSR count). The van der Waals surface area contributed by atoms with Crippen LogP contribution in [0, 0.1) is 0 Å². The number of methoxy groups -OCH3 is 3. The normalized spacial score (nSPS) is 16.0. The Labute approximate surface area is 212 Å². The van der Waals surface area contributed by atoms with E-state index >= 15 is 0 Å². The highest BCUT2D eigenvalue weighted by molar-refractivity contribution is 8.15. The maximum absolute atomic E-state index is 12.9. The minimum Gasteiger partial charge on any atom is -0.496 e. The van der Waals surface area contributed by atoms with E-state index < -0.39 is 10.0 Å². The maximum Gasteiger partial charge on any atom is 0.279 e. The number of fused-ring (bicyclic) bond motifs is 1. The van der Waals surface area contributed by atoms with Crippen LogP contribution in [0.5, 0.6) is 17.2 Å². The summed E-state index contributed by atoms with van der Waals surface area (Å²) in [6, 6.07) is 3.24. The van der Waals surface area contributed by atoms with E-state index in [0.717, 1.165) is 5.41 Å². The third-order valence-corrected chi connectivity index (χ3v) is 7.73. The van der Waals surface area contributed by atoms with Crippen molar-refractivity contribution in [2.24, 2.45) is 12.1 Å². The predicted octanol–water partition coefficient (Wildman–Crippen LogP) is 2.16. The highest BCUT2D eigenvalue weighted by Crippen LogP contribution is 2.35. The maximum atomic E-state index is 12.9. The number of hydrazone groups is 1. The molecule has 2 aromatic heterocycles. The molecule has 3 heterocycles. The lowest BCUT2D eigenvalue weighted by atomic mass is 10.1. The van der Waals surface area contributed by atoms with Crippen LogP contribution in [-0.2, 0) is 17.1 Å². The van der Waals surface area contributed by atoms with Crippen LogP contribution in [0.3, 0.4) is 0 Å². The van der Waals surface area contributed by atoms with Crippen molar-refractivity contribution in [3.05, 3.63) is 51.4 Å². The molecule has 1 atom stereocenters. The van der Waals surface area contributed by atoms with Gasteiger partial charge in [-0.15, -0.1) is 0 Å². The molecule has 0 saturated carbocycles. The van der Waals surface area contributed by atoms with Gasteiger partial charge in [-0.1, -0.05) is 11.8 Å². The summed E-state index contributed by atoms with van der Waals surface area (Å²) in [5.74, 6) is 1.26. The number of thioether (sulfide) groups is 1. The second kappa shape index (κ2) is 9.78. The second-order valence-corrected chi connectivity index (χ2v) is 10.7. The molecule has 1 aliphatic heterocycles. The van der Waals surface area contributed by atoms with E-state index in [-0.39, 0.29) is 16.6 Å². The summed E-state index contributed by atoms with van der Waals surface area (Å²) in [5, 5.41) is 7.85. The summed E-state index contributed by atoms with van der Waals surface area (Å²) >= 11 is 1.46. The smallest absolute Gasteiger partial charge is 0.279 e. The summed E-state index contributed by atoms with van der Waals surface area (Å²) in [4.78, 5) is 17.3. The number of hydrogen-bond acceptors (Lipinski definition) is 10. The van der Waals surface area contributed by atoms with Gasteiger partial charge in [0.25, 0.3) is 15.6 Å². The minimum absolute atomic E-state index is 0.0838. The number of nitrogens with one attached hydrogen (secondary N) is 1. The number of aryl methyl sites for hydroxylation is 1. The number of benzene rings is 1. The lowest BCUT2D eigenvalue weighted by molar-refractivity contribution is 0.357. The van der Waals surface area contributed by atoms with E-state index in [1.807, 2.05) is 14.0 Å². The fraction of sp³-hybridized carbons (Fsp3) is 0.318. The SMILES string of the molecule is COc1cc(OC)c(/C=C/S(=O)(=O)Nc2cnc3c(C4=NN(C)C(C)S4)c(=O)n(C)n3c2)c(OC)c1. The van der Waals surface area contributed by atoms with Gasteiger partial charge in [0.15, 0.2) is 5.65 Å². The summed E-state index contributed by atoms with van der Waals surface area (Å²) in [5.41, 5.74) is 1.06. The van der Waals surface area contributed by atoms with Crippen LogP contribution in [-0.4, -0.2) is 66.4 Å². The summed E-state index contributed by atoms with van der Waals surface area (Å²) in [7, 11) is 3.88. The van der Waals surface area contributed by atoms with E-state index in [2.05, 4.69) is 14.8 Å². The van der Waals surface area contributed by atoms with Crippen molar-refractivity contribution >= 4 is 44.2 Å². The molecule has 0 amide bonds. The first-order valence-corrected chi connectivity index (χ1v) is 13.1. The first kappa shape index (κ1) is 25.4. The van der Waals surface area contributed by atoms with Crippen LogP contribution >= 0.6 is 11.8 Å². The molecule has 0 spiro atoms. The Morgan fingerprint density at radius 3 is 2.33 bits per heavy atom. The molecular weight excluding hydrogens is 508 g/mol. The van der Waals surface area contributed by atoms with E-state index in [0.29, 0.717) is 39.1 Å². The molecule has 1 aliphatic rings. The average molecular weight is 535 g/mol. The van der Waals surface area contributed by atoms with Crippen LogP contribution in [0.15, 0.2) is 39.8 Å². The molecule has 3 aromatic rings. The van der Waals surface area contributed by atoms with Crippen molar-refractivity contribution in [3.8, 4) is 17.2 Å². The van der Waals surface area contributed by atoms with Crippen LogP contribution < -0.4 is 24.5 Å². The summed E-state index contributed by atoms with van der Waals surface area (Å²) < 4.78 is 46.9. The number of aromatic nitrogens is 3. The molecular formula is C22H26N6O6S2. The fourth-order valence-corrected chi connectivity index (χ4v) is 5.38. The lowest BCUT2D eigenvalue weighted by Gasteiger charge is -2.12. The quantitative estimate of drug-likeness (QED) is 0.462. The van der Waals surface area contributed by atoms with Gasteiger partial charge in [-0.2, -0.15) is 5.10 Å². The van der Waals surface area contributed by atoms with Crippen molar-refractivity contribution in [1.82, 2.24) is 19.2 Å². The molecule has 14 heteroatoms. The number of rotatable bonds is 8. The molecule has 0 fully saturated rings. The van der Waals surface area contributed by atoms with Gasteiger partial charge in [0.1, 0.15) is 27.9 Å². The number of anilines is 1. The number of nitrogens with zero attached hydrogens (tertiary/aromatic N) is 5. The first-order chi connectivity index (χ1) is 17.1. The molecule has 0 bridgehead atoms. The van der Waals surface area contributed by atoms with Crippen LogP contribution in [0.2, 0.25) is 0 Å². The van der Waals surface area contributed by atoms with Gasteiger partial charge in [-0.05, 0) is 13.0 Å². The molecule has 1 N–H and O–H groups in total. The van der Waals surface area contributed by atoms with Crippen molar-refractivity contribution in [3.63, 3.8) is 0 Å². The molecule has 0 saturated heterocycles. The molecule has 12 nitrogen and oxygen atoms in total. The third-order valence-electron chi connectivity index (χ3n) is 5.56. The molecule has 1 unspecified atom stereocenters. The number of ether oxygens (including phenoxy) is 3. The van der Waals surface area contributed by atoms with Gasteiger partial charge in [-0.25, -0.2) is 22.6 Å². The second-order valence-electron chi connectivity index (χ2n) is 7.81. The third kappa shape index (κ3) is 4.73. The Hall–Kier alpha value is -3.65. The standard InChI is InChI=1S/C22H26N6O6S2/c1-13-26(2)24-21(35-13)19-20-23-11-14(12-28(20)27(3)22(19)29)25-36(30,31)8-7-16-17(33-5)9-15(32-4)10-18(16)34-6/h7-13,25H,1-6H3/b8-7+. The largest absolute Gasteiger partial charge is 0.496 e. The Morgan fingerprint density at radius 1 is 1.11 bits per heavy atom. The van der Waals surface area contributed by atoms with E-state index in [4.69, 9.17) is 14.2 Å². The van der Waals surface area contributed by atoms with Crippen molar-refractivity contribution in [1.29, 1.82) is 0 Å². The first-order valence-electron chi connectivity index (χ1n) is 10.6. The van der Waals surface area contributed by atoms with Crippen LogP contribution in [0.4, 0.5) is 5.69 Å². The minimum atomic E-state index is -3.96. The summed E-state index contributed by atoms with van der Waals surface area (Å²) in [6.07, 6.45) is 4.20. The zero-order chi connectivity index (χ0) is 26.2. The zero-order valence-corrected chi connectivity index (χ0v) is 22.2. The van der Waals surface area contributed by atoms with Crippen molar-refractivity contribution in [2.75, 3.05) is 33.1 Å². The Morgan fingerprint density at radius 2 is 1.78 bits per heavy atom. The van der Waals surface area contributed by atoms with Crippen molar-refractivity contribution < 1.29 is 22.6 Å². The Balaban J connectivity index is 1.66. The van der Waals surface area contributed by atoms with Gasteiger partial charge in [0.05, 0.1) is 55.8 Å². The van der Waals surface area contributed by atoms with Gasteiger partial charge >= 0.3 is 0 Å². The fourth-order valence-electron chi connectivity index (χ4n) is 3.57. The van der Waals surface area contributed by atoms with Crippen LogP contribution in [0.25, 0.3) is 11.7 Å². The number of sulfonamides is 1. The molecule has 1 aromatic carbocycles. The number of hydrogen-bond donors (Lipinski definition) is 1. The Kier molecular flexibility index (Phi) is 6.91. The van der Waals surface area contributed by atoms with E-state index in [1.165, 1.54) is 60.8 Å². The topological polar surface area (TPSA) is 129 Å². The predicted molar refractivity (Wildman–Crippen MR) is 139 cm³/mol. The van der Waals surface area contributed by atoms with Crippen LogP contribution in [0.1, 0.15) is 18.1 Å². The molecule has 0 aliphatic carbocycles. The monoisotopic (exact) mass is 534 g/mol. The van der Waals surface area contributed by atoms with E-state index in [1.54, 1.807) is 24.2 Å². The van der Waals surface area contributed by atoms with Gasteiger partial charge < -0.3 is 14.2 Å². The van der Waals surface area contributed by atoms with Gasteiger partial charge in [0, 0.05) is 26.2 Å². The molecule has 0 radical (unpaired) electrons. The van der Waals surface area contributed by atoms with Gasteiger partial charge in [-0.3, -0.25) is 14.5 Å². The summed E-state index contributed by atoms with van der Waals surface area (Å²) in [6.45, 7) is 1.98. The van der Waals surface area contributed by atoms with Crippen molar-refractivity contribution in [2.45, 2.75) is 12.3 Å². The Bertz CT molecular complexity index is 1520. The average Bonchev–Trinajstić information content (AvgIpc) is 3.31. The van der Waals surface area contributed by atoms with Gasteiger partial charge in [0.2, 0.25) is 0 Å². The highest BCUT2D eigenvalue weighted by atomic mass is 32.2. The molecule has 192 valence electrons. The molecule has 36 heavy (non-hydrogen) atoms. The lowest BCUT2D eigenvalue weighted by Crippen LogP contribution is -2.19. The zero-order valence-electron chi connectivity index (χ0n) is 20.5.